The molecule has 2 heterocycles. The van der Waals surface area contributed by atoms with Crippen molar-refractivity contribution in [2.24, 2.45) is 14.1 Å². The molecule has 102 valence electrons. The number of imidazole rings is 2. The number of fused-ring (bicyclic) bond motifs is 1. The van der Waals surface area contributed by atoms with Gasteiger partial charge in [0, 0.05) is 32.6 Å². The highest BCUT2D eigenvalue weighted by Gasteiger charge is 2.20. The van der Waals surface area contributed by atoms with Crippen LogP contribution in [0.5, 0.6) is 0 Å². The Hall–Kier alpha value is -2.90. The van der Waals surface area contributed by atoms with E-state index in [1.807, 2.05) is 0 Å². The van der Waals surface area contributed by atoms with E-state index in [4.69, 9.17) is 0 Å². The van der Waals surface area contributed by atoms with Gasteiger partial charge in [0.15, 0.2) is 0 Å². The Morgan fingerprint density at radius 2 is 1.85 bits per heavy atom. The summed E-state index contributed by atoms with van der Waals surface area (Å²) >= 11 is 0. The van der Waals surface area contributed by atoms with Crippen LogP contribution in [0.2, 0.25) is 0 Å². The molecular weight excluding hydrogens is 262 g/mol. The summed E-state index contributed by atoms with van der Waals surface area (Å²) < 4.78 is 4.40. The van der Waals surface area contributed by atoms with Gasteiger partial charge in [-0.15, -0.1) is 0 Å². The lowest BCUT2D eigenvalue weighted by Gasteiger charge is -2.05. The van der Waals surface area contributed by atoms with E-state index in [1.165, 1.54) is 27.7 Å². The third kappa shape index (κ3) is 1.54. The van der Waals surface area contributed by atoms with Crippen LogP contribution >= 0.6 is 0 Å². The summed E-state index contributed by atoms with van der Waals surface area (Å²) in [5.74, 6) is 0. The van der Waals surface area contributed by atoms with E-state index in [2.05, 4.69) is 4.98 Å². The summed E-state index contributed by atoms with van der Waals surface area (Å²) in [6.07, 6.45) is 4.64. The predicted octanol–water partition coefficient (Wildman–Crippen LogP) is 0.971. The number of aryl methyl sites for hydroxylation is 2. The highest BCUT2D eigenvalue weighted by Crippen LogP contribution is 2.28. The lowest BCUT2D eigenvalue weighted by Crippen LogP contribution is -2.19. The van der Waals surface area contributed by atoms with Gasteiger partial charge in [-0.25, -0.2) is 9.78 Å². The predicted molar refractivity (Wildman–Crippen MR) is 71.9 cm³/mol. The average molecular weight is 273 g/mol. The lowest BCUT2D eigenvalue weighted by atomic mass is 10.2. The van der Waals surface area contributed by atoms with Gasteiger partial charge >= 0.3 is 5.69 Å². The Morgan fingerprint density at radius 3 is 2.40 bits per heavy atom. The molecule has 0 aliphatic heterocycles. The standard InChI is InChI=1S/C12H11N5O3/c1-14-8-5-10(16-4-3-13-7-16)11(17(19)20)6-9(8)15(2)12(14)18/h3-7H,1-2H3. The van der Waals surface area contributed by atoms with Crippen LogP contribution in [0.4, 0.5) is 5.69 Å². The van der Waals surface area contributed by atoms with Crippen molar-refractivity contribution in [1.82, 2.24) is 18.7 Å². The third-order valence-electron chi connectivity index (χ3n) is 3.35. The first kappa shape index (κ1) is 12.2. The van der Waals surface area contributed by atoms with Gasteiger partial charge in [-0.05, 0) is 6.07 Å². The highest BCUT2D eigenvalue weighted by molar-refractivity contribution is 5.83. The molecule has 0 unspecified atom stereocenters. The molecule has 0 amide bonds. The topological polar surface area (TPSA) is 87.9 Å². The molecule has 0 aliphatic carbocycles. The molecular formula is C12H11N5O3. The SMILES string of the molecule is Cn1c(=O)n(C)c2cc([N+](=O)[O-])c(-n3ccnc3)cc21. The van der Waals surface area contributed by atoms with E-state index >= 15 is 0 Å². The number of nitro groups is 1. The van der Waals surface area contributed by atoms with Crippen LogP contribution in [0.3, 0.4) is 0 Å². The minimum atomic E-state index is -0.466. The molecule has 1 aromatic carbocycles. The average Bonchev–Trinajstić information content (AvgIpc) is 3.02. The van der Waals surface area contributed by atoms with Gasteiger partial charge in [-0.2, -0.15) is 0 Å². The van der Waals surface area contributed by atoms with E-state index < -0.39 is 4.92 Å². The van der Waals surface area contributed by atoms with Gasteiger partial charge in [0.05, 0.1) is 22.3 Å². The molecule has 20 heavy (non-hydrogen) atoms. The molecule has 0 bridgehead atoms. The number of hydrogen-bond acceptors (Lipinski definition) is 4. The second-order valence-corrected chi connectivity index (χ2v) is 4.46. The van der Waals surface area contributed by atoms with Crippen molar-refractivity contribution in [1.29, 1.82) is 0 Å². The van der Waals surface area contributed by atoms with E-state index in [0.29, 0.717) is 16.7 Å². The first-order chi connectivity index (χ1) is 9.50. The van der Waals surface area contributed by atoms with Crippen LogP contribution < -0.4 is 5.69 Å². The van der Waals surface area contributed by atoms with Gasteiger partial charge < -0.3 is 4.57 Å². The van der Waals surface area contributed by atoms with Gasteiger partial charge in [0.25, 0.3) is 5.69 Å². The molecule has 2 aromatic heterocycles. The monoisotopic (exact) mass is 273 g/mol. The second kappa shape index (κ2) is 4.05. The largest absolute Gasteiger partial charge is 0.328 e. The Bertz CT molecular complexity index is 873. The minimum absolute atomic E-state index is 0.0725. The van der Waals surface area contributed by atoms with Crippen LogP contribution in [0.1, 0.15) is 0 Å². The summed E-state index contributed by atoms with van der Waals surface area (Å²) in [5.41, 5.74) is 1.23. The molecule has 8 heteroatoms. The summed E-state index contributed by atoms with van der Waals surface area (Å²) in [7, 11) is 3.22. The molecule has 0 fully saturated rings. The summed E-state index contributed by atoms with van der Waals surface area (Å²) in [6.45, 7) is 0. The Balaban J connectivity index is 2.45. The Morgan fingerprint density at radius 1 is 1.20 bits per heavy atom. The maximum atomic E-state index is 11.9. The van der Waals surface area contributed by atoms with Crippen LogP contribution in [0, 0.1) is 10.1 Å². The zero-order valence-corrected chi connectivity index (χ0v) is 10.8. The number of benzene rings is 1. The van der Waals surface area contributed by atoms with Gasteiger partial charge in [0.1, 0.15) is 5.69 Å². The van der Waals surface area contributed by atoms with Crippen molar-refractivity contribution in [2.45, 2.75) is 0 Å². The molecule has 0 spiro atoms. The number of aromatic nitrogens is 4. The van der Waals surface area contributed by atoms with E-state index in [9.17, 15) is 14.9 Å². The van der Waals surface area contributed by atoms with Gasteiger partial charge in [-0.3, -0.25) is 19.2 Å². The van der Waals surface area contributed by atoms with Crippen LogP contribution in [-0.2, 0) is 14.1 Å². The Kier molecular flexibility index (Phi) is 2.46. The molecule has 0 radical (unpaired) electrons. The van der Waals surface area contributed by atoms with Gasteiger partial charge in [0.2, 0.25) is 0 Å². The lowest BCUT2D eigenvalue weighted by molar-refractivity contribution is -0.384. The minimum Gasteiger partial charge on any atom is -0.300 e. The zero-order valence-electron chi connectivity index (χ0n) is 10.8. The molecule has 0 N–H and O–H groups in total. The molecule has 3 aromatic rings. The zero-order chi connectivity index (χ0) is 14.4. The quantitative estimate of drug-likeness (QED) is 0.514. The second-order valence-electron chi connectivity index (χ2n) is 4.46. The summed E-state index contributed by atoms with van der Waals surface area (Å²) in [4.78, 5) is 26.6. The fourth-order valence-corrected chi connectivity index (χ4v) is 2.28. The number of hydrogen-bond donors (Lipinski definition) is 0. The normalized spacial score (nSPS) is 11.1. The van der Waals surface area contributed by atoms with Gasteiger partial charge in [-0.1, -0.05) is 0 Å². The first-order valence-electron chi connectivity index (χ1n) is 5.83. The van der Waals surface area contributed by atoms with E-state index in [1.54, 1.807) is 30.9 Å². The molecule has 0 saturated heterocycles. The maximum absolute atomic E-state index is 11.9. The smallest absolute Gasteiger partial charge is 0.300 e. The summed E-state index contributed by atoms with van der Waals surface area (Å²) in [6, 6.07) is 3.03. The number of rotatable bonds is 2. The van der Waals surface area contributed by atoms with Crippen molar-refractivity contribution in [3.63, 3.8) is 0 Å². The number of nitrogens with zero attached hydrogens (tertiary/aromatic N) is 5. The van der Waals surface area contributed by atoms with E-state index in [0.717, 1.165) is 0 Å². The Labute approximate surface area is 112 Å². The van der Waals surface area contributed by atoms with Crippen molar-refractivity contribution in [3.05, 3.63) is 51.5 Å². The fourth-order valence-electron chi connectivity index (χ4n) is 2.28. The van der Waals surface area contributed by atoms with Crippen molar-refractivity contribution < 1.29 is 4.92 Å². The molecule has 0 saturated carbocycles. The number of nitro benzene ring substituents is 1. The van der Waals surface area contributed by atoms with Crippen molar-refractivity contribution in [2.75, 3.05) is 0 Å². The van der Waals surface area contributed by atoms with Crippen molar-refractivity contribution in [3.8, 4) is 5.69 Å². The molecule has 3 rings (SSSR count). The molecule has 0 aliphatic rings. The molecule has 0 atom stereocenters. The first-order valence-corrected chi connectivity index (χ1v) is 5.83. The van der Waals surface area contributed by atoms with Crippen LogP contribution in [-0.4, -0.2) is 23.6 Å². The van der Waals surface area contributed by atoms with Crippen LogP contribution in [0.25, 0.3) is 16.7 Å². The maximum Gasteiger partial charge on any atom is 0.328 e. The van der Waals surface area contributed by atoms with Crippen LogP contribution in [0.15, 0.2) is 35.6 Å². The third-order valence-corrected chi connectivity index (χ3v) is 3.35. The highest BCUT2D eigenvalue weighted by atomic mass is 16.6. The van der Waals surface area contributed by atoms with E-state index in [-0.39, 0.29) is 11.4 Å². The molecule has 8 nitrogen and oxygen atoms in total. The summed E-state index contributed by atoms with van der Waals surface area (Å²) in [5, 5.41) is 11.2. The van der Waals surface area contributed by atoms with Crippen molar-refractivity contribution >= 4 is 16.7 Å². The fraction of sp³-hybridized carbons (Fsp3) is 0.167.